The molecule has 1 aliphatic rings. The number of carbonyl (C=O) groups excluding carboxylic acids is 1. The summed E-state index contributed by atoms with van der Waals surface area (Å²) in [4.78, 5) is 21.6. The highest BCUT2D eigenvalue weighted by molar-refractivity contribution is 8.14. The molecular weight excluding hydrogens is 411 g/mol. The number of carbonyl (C=O) groups is 1. The first-order chi connectivity index (χ1) is 13.4. The molecule has 28 heavy (non-hydrogen) atoms. The van der Waals surface area contributed by atoms with Crippen LogP contribution >= 0.6 is 23.1 Å². The van der Waals surface area contributed by atoms with Gasteiger partial charge in [-0.2, -0.15) is 13.2 Å². The van der Waals surface area contributed by atoms with Gasteiger partial charge in [-0.3, -0.25) is 15.1 Å². The van der Waals surface area contributed by atoms with Gasteiger partial charge in [0.05, 0.1) is 22.7 Å². The van der Waals surface area contributed by atoms with Gasteiger partial charge >= 0.3 is 6.18 Å². The number of benzene rings is 1. The van der Waals surface area contributed by atoms with Crippen molar-refractivity contribution in [2.24, 2.45) is 4.99 Å². The summed E-state index contributed by atoms with van der Waals surface area (Å²) >= 11 is 2.76. The summed E-state index contributed by atoms with van der Waals surface area (Å²) in [6, 6.07) is 8.28. The van der Waals surface area contributed by atoms with Crippen molar-refractivity contribution in [2.45, 2.75) is 6.18 Å². The Morgan fingerprint density at radius 2 is 2.07 bits per heavy atom. The van der Waals surface area contributed by atoms with E-state index in [2.05, 4.69) is 20.4 Å². The SMILES string of the molecule is O=C(NC1=NCCS1)c1nc(-c2cccs2)n(-c2cccc(C(F)(F)F)c2)n1. The van der Waals surface area contributed by atoms with Crippen LogP contribution in [0.2, 0.25) is 0 Å². The molecule has 0 aliphatic carbocycles. The van der Waals surface area contributed by atoms with E-state index >= 15 is 0 Å². The van der Waals surface area contributed by atoms with Crippen LogP contribution in [0.4, 0.5) is 13.2 Å². The van der Waals surface area contributed by atoms with E-state index in [4.69, 9.17) is 0 Å². The predicted molar refractivity (Wildman–Crippen MR) is 102 cm³/mol. The van der Waals surface area contributed by atoms with Crippen LogP contribution in [0.3, 0.4) is 0 Å². The molecule has 11 heteroatoms. The number of halogens is 3. The van der Waals surface area contributed by atoms with Crippen LogP contribution in [-0.2, 0) is 6.18 Å². The summed E-state index contributed by atoms with van der Waals surface area (Å²) in [5, 5.41) is 9.09. The Morgan fingerprint density at radius 1 is 1.21 bits per heavy atom. The van der Waals surface area contributed by atoms with Crippen molar-refractivity contribution in [1.82, 2.24) is 20.1 Å². The quantitative estimate of drug-likeness (QED) is 0.695. The summed E-state index contributed by atoms with van der Waals surface area (Å²) in [5.74, 6) is 0.371. The number of amides is 1. The Balaban J connectivity index is 1.76. The molecule has 1 amide bonds. The molecule has 4 rings (SSSR count). The highest BCUT2D eigenvalue weighted by Gasteiger charge is 2.31. The second kappa shape index (κ2) is 7.40. The second-order valence-corrected chi connectivity index (χ2v) is 7.72. The highest BCUT2D eigenvalue weighted by Crippen LogP contribution is 2.32. The molecule has 0 saturated carbocycles. The van der Waals surface area contributed by atoms with Gasteiger partial charge < -0.3 is 0 Å². The highest BCUT2D eigenvalue weighted by atomic mass is 32.2. The largest absolute Gasteiger partial charge is 0.416 e. The molecule has 0 radical (unpaired) electrons. The van der Waals surface area contributed by atoms with Crippen LogP contribution in [0.15, 0.2) is 46.8 Å². The molecule has 3 aromatic rings. The lowest BCUT2D eigenvalue weighted by Crippen LogP contribution is -2.28. The van der Waals surface area contributed by atoms with Gasteiger partial charge in [0.2, 0.25) is 5.82 Å². The zero-order valence-electron chi connectivity index (χ0n) is 14.1. The lowest BCUT2D eigenvalue weighted by Gasteiger charge is -2.09. The number of thiophene rings is 1. The third-order valence-corrected chi connectivity index (χ3v) is 5.53. The number of hydrogen-bond acceptors (Lipinski definition) is 6. The topological polar surface area (TPSA) is 72.2 Å². The number of nitrogens with zero attached hydrogens (tertiary/aromatic N) is 4. The van der Waals surface area contributed by atoms with Gasteiger partial charge in [0.25, 0.3) is 5.91 Å². The number of nitrogens with one attached hydrogen (secondary N) is 1. The first-order valence-corrected chi connectivity index (χ1v) is 9.95. The molecule has 2 aromatic heterocycles. The maximum atomic E-state index is 13.1. The van der Waals surface area contributed by atoms with Gasteiger partial charge in [-0.05, 0) is 29.6 Å². The van der Waals surface area contributed by atoms with E-state index in [0.717, 1.165) is 17.9 Å². The van der Waals surface area contributed by atoms with Crippen LogP contribution in [0, 0.1) is 0 Å². The monoisotopic (exact) mass is 423 g/mol. The normalized spacial score (nSPS) is 14.2. The standard InChI is InChI=1S/C17H12F3N5OS2/c18-17(19,20)10-3-1-4-11(9-10)25-14(12-5-2-7-27-12)22-13(24-25)15(26)23-16-21-6-8-28-16/h1-5,7,9H,6,8H2,(H,21,23,26). The summed E-state index contributed by atoms with van der Waals surface area (Å²) < 4.78 is 40.5. The minimum atomic E-state index is -4.49. The number of hydrogen-bond donors (Lipinski definition) is 1. The predicted octanol–water partition coefficient (Wildman–Crippen LogP) is 3.85. The average molecular weight is 423 g/mol. The molecule has 0 spiro atoms. The smallest absolute Gasteiger partial charge is 0.299 e. The maximum absolute atomic E-state index is 13.1. The maximum Gasteiger partial charge on any atom is 0.416 e. The summed E-state index contributed by atoms with van der Waals surface area (Å²) in [6.45, 7) is 0.618. The molecule has 1 N–H and O–H groups in total. The van der Waals surface area contributed by atoms with Crippen molar-refractivity contribution in [3.05, 3.63) is 53.2 Å². The molecule has 0 bridgehead atoms. The van der Waals surface area contributed by atoms with E-state index in [9.17, 15) is 18.0 Å². The van der Waals surface area contributed by atoms with Crippen molar-refractivity contribution in [1.29, 1.82) is 0 Å². The second-order valence-electron chi connectivity index (χ2n) is 5.69. The summed E-state index contributed by atoms with van der Waals surface area (Å²) in [6.07, 6.45) is -4.49. The number of aliphatic imine (C=N–C) groups is 1. The molecule has 0 atom stereocenters. The Kier molecular flexibility index (Phi) is 4.94. The van der Waals surface area contributed by atoms with Gasteiger partial charge in [-0.25, -0.2) is 9.67 Å². The van der Waals surface area contributed by atoms with Crippen LogP contribution in [0.5, 0.6) is 0 Å². The van der Waals surface area contributed by atoms with Gasteiger partial charge in [-0.1, -0.05) is 23.9 Å². The Hall–Kier alpha value is -2.66. The van der Waals surface area contributed by atoms with Crippen molar-refractivity contribution in [3.63, 3.8) is 0 Å². The first kappa shape index (κ1) is 18.7. The molecule has 3 heterocycles. The summed E-state index contributed by atoms with van der Waals surface area (Å²) in [7, 11) is 0. The van der Waals surface area contributed by atoms with E-state index in [0.29, 0.717) is 22.4 Å². The van der Waals surface area contributed by atoms with Crippen molar-refractivity contribution < 1.29 is 18.0 Å². The first-order valence-electron chi connectivity index (χ1n) is 8.09. The number of thioether (sulfide) groups is 1. The number of rotatable bonds is 3. The van der Waals surface area contributed by atoms with Crippen LogP contribution in [0.25, 0.3) is 16.4 Å². The van der Waals surface area contributed by atoms with E-state index < -0.39 is 17.6 Å². The van der Waals surface area contributed by atoms with Gasteiger partial charge in [-0.15, -0.1) is 16.4 Å². The molecule has 1 aliphatic heterocycles. The zero-order valence-corrected chi connectivity index (χ0v) is 15.7. The van der Waals surface area contributed by atoms with Gasteiger partial charge in [0.1, 0.15) is 0 Å². The van der Waals surface area contributed by atoms with Gasteiger partial charge in [0.15, 0.2) is 11.0 Å². The fourth-order valence-corrected chi connectivity index (χ4v) is 3.95. The Bertz CT molecular complexity index is 1040. The molecule has 6 nitrogen and oxygen atoms in total. The lowest BCUT2D eigenvalue weighted by molar-refractivity contribution is -0.137. The number of aromatic nitrogens is 3. The van der Waals surface area contributed by atoms with E-state index in [1.165, 1.54) is 39.9 Å². The van der Waals surface area contributed by atoms with Crippen molar-refractivity contribution in [3.8, 4) is 16.4 Å². The fraction of sp³-hybridized carbons (Fsp3) is 0.176. The minimum Gasteiger partial charge on any atom is -0.299 e. The molecule has 1 aromatic carbocycles. The van der Waals surface area contributed by atoms with Crippen LogP contribution in [-0.4, -0.2) is 38.1 Å². The van der Waals surface area contributed by atoms with Crippen molar-refractivity contribution >= 4 is 34.2 Å². The minimum absolute atomic E-state index is 0.143. The lowest BCUT2D eigenvalue weighted by atomic mass is 10.2. The summed E-state index contributed by atoms with van der Waals surface area (Å²) in [5.41, 5.74) is -0.641. The van der Waals surface area contributed by atoms with Gasteiger partial charge in [0, 0.05) is 5.75 Å². The number of alkyl halides is 3. The molecule has 0 fully saturated rings. The molecule has 0 saturated heterocycles. The van der Waals surface area contributed by atoms with Crippen LogP contribution < -0.4 is 5.32 Å². The molecule has 144 valence electrons. The molecule has 0 unspecified atom stereocenters. The average Bonchev–Trinajstić information content (AvgIpc) is 3.41. The number of amidine groups is 1. The van der Waals surface area contributed by atoms with E-state index in [1.54, 1.807) is 12.1 Å². The Labute approximate surface area is 165 Å². The fourth-order valence-electron chi connectivity index (χ4n) is 2.53. The van der Waals surface area contributed by atoms with Crippen molar-refractivity contribution in [2.75, 3.05) is 12.3 Å². The zero-order chi connectivity index (χ0) is 19.7. The molecular formula is C17H12F3N5OS2. The Morgan fingerprint density at radius 3 is 2.75 bits per heavy atom. The van der Waals surface area contributed by atoms with E-state index in [-0.39, 0.29) is 11.5 Å². The van der Waals surface area contributed by atoms with Crippen LogP contribution in [0.1, 0.15) is 16.2 Å². The third-order valence-electron chi connectivity index (χ3n) is 3.78. The third kappa shape index (κ3) is 3.80. The van der Waals surface area contributed by atoms with E-state index in [1.807, 2.05) is 5.38 Å².